The first-order chi connectivity index (χ1) is 14.6. The Morgan fingerprint density at radius 1 is 1.07 bits per heavy atom. The summed E-state index contributed by atoms with van der Waals surface area (Å²) in [5.74, 6) is 1.80. The number of carbonyl (C=O) groups excluding carboxylic acids is 1. The molecule has 0 aromatic heterocycles. The maximum absolute atomic E-state index is 12.7. The van der Waals surface area contributed by atoms with Gasteiger partial charge in [-0.3, -0.25) is 4.79 Å². The average Bonchev–Trinajstić information content (AvgIpc) is 3.23. The van der Waals surface area contributed by atoms with Gasteiger partial charge in [0.05, 0.1) is 18.2 Å². The molecule has 1 amide bonds. The van der Waals surface area contributed by atoms with Gasteiger partial charge in [0.15, 0.2) is 18.0 Å². The first-order valence-electron chi connectivity index (χ1n) is 11.0. The zero-order valence-electron chi connectivity index (χ0n) is 18.1. The van der Waals surface area contributed by atoms with Crippen molar-refractivity contribution >= 4 is 5.91 Å². The quantitative estimate of drug-likeness (QED) is 0.495. The molecule has 2 aliphatic heterocycles. The second-order valence-electron chi connectivity index (χ2n) is 8.66. The van der Waals surface area contributed by atoms with Crippen molar-refractivity contribution in [1.82, 2.24) is 5.32 Å². The summed E-state index contributed by atoms with van der Waals surface area (Å²) in [6.07, 6.45) is 3.02. The molecule has 3 N–H and O–H groups in total. The van der Waals surface area contributed by atoms with E-state index >= 15 is 0 Å². The number of fused-ring (bicyclic) bond motifs is 1. The van der Waals surface area contributed by atoms with E-state index in [9.17, 15) is 4.79 Å². The van der Waals surface area contributed by atoms with Crippen molar-refractivity contribution in [1.29, 1.82) is 0 Å². The summed E-state index contributed by atoms with van der Waals surface area (Å²) in [6.45, 7) is 5.96. The number of piperazine rings is 1. The van der Waals surface area contributed by atoms with E-state index in [-0.39, 0.29) is 24.2 Å². The van der Waals surface area contributed by atoms with Gasteiger partial charge in [0, 0.05) is 19.8 Å². The fraction of sp³-hybridized carbons (Fsp3) is 0.682. The average molecular weight is 422 g/mol. The Morgan fingerprint density at radius 2 is 1.83 bits per heavy atom. The first kappa shape index (κ1) is 21.4. The highest BCUT2D eigenvalue weighted by atomic mass is 16.7. The van der Waals surface area contributed by atoms with Crippen molar-refractivity contribution in [2.75, 3.05) is 53.7 Å². The molecule has 0 spiro atoms. The van der Waals surface area contributed by atoms with Crippen LogP contribution >= 0.6 is 0 Å². The van der Waals surface area contributed by atoms with Crippen molar-refractivity contribution < 1.29 is 33.5 Å². The molecule has 2 heterocycles. The predicted molar refractivity (Wildman–Crippen MR) is 110 cm³/mol. The lowest BCUT2D eigenvalue weighted by Crippen LogP contribution is -3.28. The highest BCUT2D eigenvalue weighted by molar-refractivity contribution is 5.77. The molecule has 1 aromatic carbocycles. The molecule has 0 bridgehead atoms. The largest absolute Gasteiger partial charge is 0.454 e. The summed E-state index contributed by atoms with van der Waals surface area (Å²) in [5, 5.41) is 3.21. The highest BCUT2D eigenvalue weighted by Crippen LogP contribution is 2.32. The van der Waals surface area contributed by atoms with E-state index in [0.717, 1.165) is 63.5 Å². The van der Waals surface area contributed by atoms with Crippen LogP contribution in [-0.4, -0.2) is 77.9 Å². The number of benzene rings is 1. The van der Waals surface area contributed by atoms with Crippen LogP contribution in [0.5, 0.6) is 11.5 Å². The van der Waals surface area contributed by atoms with Crippen LogP contribution < -0.4 is 24.6 Å². The molecular formula is C22H35N3O5+2. The van der Waals surface area contributed by atoms with E-state index in [4.69, 9.17) is 18.9 Å². The van der Waals surface area contributed by atoms with E-state index in [0.29, 0.717) is 13.3 Å². The van der Waals surface area contributed by atoms with Gasteiger partial charge >= 0.3 is 0 Å². The number of amides is 1. The fourth-order valence-corrected chi connectivity index (χ4v) is 4.89. The molecule has 4 rings (SSSR count). The van der Waals surface area contributed by atoms with Gasteiger partial charge in [0.25, 0.3) is 5.91 Å². The van der Waals surface area contributed by atoms with Crippen LogP contribution in [0, 0.1) is 0 Å². The lowest BCUT2D eigenvalue weighted by atomic mass is 9.90. The lowest BCUT2D eigenvalue weighted by molar-refractivity contribution is -1.02. The Morgan fingerprint density at radius 3 is 2.60 bits per heavy atom. The maximum atomic E-state index is 12.7. The molecule has 1 saturated carbocycles. The third-order valence-corrected chi connectivity index (χ3v) is 6.69. The molecule has 0 radical (unpaired) electrons. The monoisotopic (exact) mass is 421 g/mol. The van der Waals surface area contributed by atoms with Crippen LogP contribution in [0.4, 0.5) is 0 Å². The van der Waals surface area contributed by atoms with E-state index in [1.165, 1.54) is 10.5 Å². The third-order valence-electron chi connectivity index (χ3n) is 6.69. The Hall–Kier alpha value is -1.87. The summed E-state index contributed by atoms with van der Waals surface area (Å²) in [7, 11) is 3.47. The van der Waals surface area contributed by atoms with E-state index in [2.05, 4.69) is 17.4 Å². The maximum Gasteiger partial charge on any atom is 0.275 e. The second kappa shape index (κ2) is 9.96. The standard InChI is InChI=1S/C22H33N3O5/c1-27-17-4-6-19(28-2)18(12-17)23-22(26)14-25-9-7-24(8-10-25)13-16-3-5-20-21(11-16)30-15-29-20/h3,5,11,17-19H,4,6-10,12-15H2,1-2H3,(H,23,26)/p+2/t17-,18-,19-/m0/s1. The van der Waals surface area contributed by atoms with Gasteiger partial charge in [-0.05, 0) is 37.5 Å². The zero-order chi connectivity index (χ0) is 20.9. The Kier molecular flexibility index (Phi) is 7.09. The first-order valence-corrected chi connectivity index (χ1v) is 11.0. The molecular weight excluding hydrogens is 386 g/mol. The number of hydrogen-bond acceptors (Lipinski definition) is 5. The topological polar surface area (TPSA) is 74.9 Å². The third kappa shape index (κ3) is 5.24. The van der Waals surface area contributed by atoms with Gasteiger partial charge in [0.1, 0.15) is 32.7 Å². The molecule has 0 unspecified atom stereocenters. The molecule has 166 valence electrons. The summed E-state index contributed by atoms with van der Waals surface area (Å²) in [5.41, 5.74) is 1.27. The molecule has 2 fully saturated rings. The van der Waals surface area contributed by atoms with Crippen molar-refractivity contribution in [3.05, 3.63) is 23.8 Å². The van der Waals surface area contributed by atoms with E-state index < -0.39 is 0 Å². The Labute approximate surface area is 178 Å². The SMILES string of the molecule is CO[C@H]1CC[C@H](OC)[C@@H](NC(=O)C[NH+]2CC[NH+](Cc3ccc4c(c3)OCO4)CC2)C1. The number of ether oxygens (including phenoxy) is 4. The summed E-state index contributed by atoms with van der Waals surface area (Å²) < 4.78 is 22.0. The number of quaternary nitrogens is 2. The van der Waals surface area contributed by atoms with Crippen LogP contribution in [0.3, 0.4) is 0 Å². The molecule has 1 aliphatic carbocycles. The van der Waals surface area contributed by atoms with Crippen LogP contribution in [0.25, 0.3) is 0 Å². The van der Waals surface area contributed by atoms with Gasteiger partial charge in [-0.15, -0.1) is 0 Å². The number of rotatable bonds is 7. The summed E-state index contributed by atoms with van der Waals surface area (Å²) >= 11 is 0. The molecule has 1 saturated heterocycles. The zero-order valence-corrected chi connectivity index (χ0v) is 18.1. The van der Waals surface area contributed by atoms with Crippen LogP contribution in [0.15, 0.2) is 18.2 Å². The Balaban J connectivity index is 1.21. The number of nitrogens with one attached hydrogen (secondary N) is 3. The summed E-state index contributed by atoms with van der Waals surface area (Å²) in [6, 6.07) is 6.25. The van der Waals surface area contributed by atoms with Gasteiger partial charge in [-0.25, -0.2) is 0 Å². The van der Waals surface area contributed by atoms with Crippen molar-refractivity contribution in [2.45, 2.75) is 44.1 Å². The minimum absolute atomic E-state index is 0.0403. The van der Waals surface area contributed by atoms with Gasteiger partial charge < -0.3 is 34.1 Å². The van der Waals surface area contributed by atoms with Crippen LogP contribution in [0.2, 0.25) is 0 Å². The van der Waals surface area contributed by atoms with Crippen LogP contribution in [-0.2, 0) is 20.8 Å². The normalized spacial score (nSPS) is 30.8. The van der Waals surface area contributed by atoms with Crippen molar-refractivity contribution in [2.24, 2.45) is 0 Å². The van der Waals surface area contributed by atoms with Crippen LogP contribution in [0.1, 0.15) is 24.8 Å². The Bertz CT molecular complexity index is 723. The number of hydrogen-bond donors (Lipinski definition) is 3. The number of carbonyl (C=O) groups is 1. The van der Waals surface area contributed by atoms with Crippen molar-refractivity contribution in [3.8, 4) is 11.5 Å². The van der Waals surface area contributed by atoms with Gasteiger partial charge in [-0.1, -0.05) is 0 Å². The van der Waals surface area contributed by atoms with E-state index in [1.807, 2.05) is 6.07 Å². The lowest BCUT2D eigenvalue weighted by Gasteiger charge is -2.35. The molecule has 3 aliphatic rings. The van der Waals surface area contributed by atoms with Crippen molar-refractivity contribution in [3.63, 3.8) is 0 Å². The molecule has 8 heteroatoms. The van der Waals surface area contributed by atoms with Gasteiger partial charge in [0.2, 0.25) is 6.79 Å². The molecule has 3 atom stereocenters. The fourth-order valence-electron chi connectivity index (χ4n) is 4.89. The number of methoxy groups -OCH3 is 2. The molecule has 8 nitrogen and oxygen atoms in total. The van der Waals surface area contributed by atoms with Gasteiger partial charge in [-0.2, -0.15) is 0 Å². The molecule has 1 aromatic rings. The van der Waals surface area contributed by atoms with E-state index in [1.54, 1.807) is 19.1 Å². The predicted octanol–water partition coefficient (Wildman–Crippen LogP) is -1.60. The smallest absolute Gasteiger partial charge is 0.275 e. The molecule has 30 heavy (non-hydrogen) atoms. The minimum atomic E-state index is 0.0403. The second-order valence-corrected chi connectivity index (χ2v) is 8.66. The summed E-state index contributed by atoms with van der Waals surface area (Å²) in [4.78, 5) is 15.6. The minimum Gasteiger partial charge on any atom is -0.454 e. The highest BCUT2D eigenvalue weighted by Gasteiger charge is 2.33.